The van der Waals surface area contributed by atoms with E-state index in [-0.39, 0.29) is 17.3 Å². The van der Waals surface area contributed by atoms with Gasteiger partial charge < -0.3 is 9.53 Å². The average molecular weight is 186 g/mol. The molecule has 76 valence electrons. The molecule has 0 aromatic carbocycles. The molecule has 0 heterocycles. The molecule has 1 unspecified atom stereocenters. The van der Waals surface area contributed by atoms with Crippen LogP contribution in [0.1, 0.15) is 33.6 Å². The third-order valence-electron chi connectivity index (χ3n) is 2.14. The third kappa shape index (κ3) is 4.65. The van der Waals surface area contributed by atoms with Crippen LogP contribution >= 0.6 is 0 Å². The van der Waals surface area contributed by atoms with Crippen molar-refractivity contribution in [3.05, 3.63) is 0 Å². The van der Waals surface area contributed by atoms with Crippen LogP contribution in [0.5, 0.6) is 0 Å². The lowest BCUT2D eigenvalue weighted by Gasteiger charge is -2.18. The molecule has 0 radical (unpaired) electrons. The number of rotatable bonds is 5. The van der Waals surface area contributed by atoms with Gasteiger partial charge in [0.05, 0.1) is 13.0 Å². The molecule has 0 saturated heterocycles. The number of carbonyl (C=O) groups is 2. The fourth-order valence-electron chi connectivity index (χ4n) is 0.966. The molecular weight excluding hydrogens is 168 g/mol. The molecule has 0 bridgehead atoms. The Morgan fingerprint density at radius 2 is 2.08 bits per heavy atom. The van der Waals surface area contributed by atoms with E-state index in [2.05, 4.69) is 4.74 Å². The lowest BCUT2D eigenvalue weighted by atomic mass is 9.86. The van der Waals surface area contributed by atoms with Crippen molar-refractivity contribution < 1.29 is 14.3 Å². The molecule has 0 saturated carbocycles. The van der Waals surface area contributed by atoms with Crippen molar-refractivity contribution >= 4 is 12.3 Å². The van der Waals surface area contributed by atoms with Crippen molar-refractivity contribution in [2.75, 3.05) is 7.11 Å². The van der Waals surface area contributed by atoms with E-state index in [1.807, 2.05) is 20.8 Å². The molecule has 0 aliphatic heterocycles. The van der Waals surface area contributed by atoms with Crippen molar-refractivity contribution in [3.8, 4) is 0 Å². The largest absolute Gasteiger partial charge is 0.469 e. The van der Waals surface area contributed by atoms with Crippen LogP contribution in [0.3, 0.4) is 0 Å². The minimum Gasteiger partial charge on any atom is -0.469 e. The van der Waals surface area contributed by atoms with Crippen LogP contribution in [0.2, 0.25) is 0 Å². The van der Waals surface area contributed by atoms with E-state index in [1.54, 1.807) is 0 Å². The molecule has 0 aromatic rings. The van der Waals surface area contributed by atoms with Gasteiger partial charge in [-0.25, -0.2) is 0 Å². The number of aldehydes is 1. The van der Waals surface area contributed by atoms with Gasteiger partial charge in [-0.1, -0.05) is 20.8 Å². The van der Waals surface area contributed by atoms with Gasteiger partial charge in [-0.3, -0.25) is 4.79 Å². The smallest absolute Gasteiger partial charge is 0.308 e. The first kappa shape index (κ1) is 12.1. The Morgan fingerprint density at radius 3 is 2.46 bits per heavy atom. The summed E-state index contributed by atoms with van der Waals surface area (Å²) in [5.41, 5.74) is -0.331. The van der Waals surface area contributed by atoms with Gasteiger partial charge in [0.2, 0.25) is 0 Å². The fraction of sp³-hybridized carbons (Fsp3) is 0.800. The Morgan fingerprint density at radius 1 is 1.54 bits per heavy atom. The van der Waals surface area contributed by atoms with Crippen molar-refractivity contribution in [2.45, 2.75) is 33.6 Å². The first-order valence-corrected chi connectivity index (χ1v) is 4.47. The molecule has 0 fully saturated rings. The highest BCUT2D eigenvalue weighted by Crippen LogP contribution is 2.22. The molecule has 3 heteroatoms. The number of ether oxygens (including phenoxy) is 1. The van der Waals surface area contributed by atoms with Crippen LogP contribution in [-0.4, -0.2) is 19.4 Å². The topological polar surface area (TPSA) is 43.4 Å². The van der Waals surface area contributed by atoms with E-state index in [1.165, 1.54) is 7.11 Å². The maximum Gasteiger partial charge on any atom is 0.308 e. The van der Waals surface area contributed by atoms with Gasteiger partial charge in [-0.05, 0) is 12.8 Å². The minimum absolute atomic E-state index is 0.121. The molecule has 13 heavy (non-hydrogen) atoms. The highest BCUT2D eigenvalue weighted by atomic mass is 16.5. The number of hydrogen-bond donors (Lipinski definition) is 0. The lowest BCUT2D eigenvalue weighted by molar-refractivity contribution is -0.145. The van der Waals surface area contributed by atoms with Crippen LogP contribution in [0, 0.1) is 11.3 Å². The molecular formula is C10H18O3. The molecule has 0 N–H and O–H groups in total. The molecule has 0 amide bonds. The summed E-state index contributed by atoms with van der Waals surface area (Å²) in [6.07, 6.45) is 2.34. The second kappa shape index (κ2) is 5.00. The SMILES string of the molecule is COC(=O)C(C)CCC(C)(C)C=O. The summed E-state index contributed by atoms with van der Waals surface area (Å²) in [6.45, 7) is 5.54. The summed E-state index contributed by atoms with van der Waals surface area (Å²) >= 11 is 0. The highest BCUT2D eigenvalue weighted by molar-refractivity contribution is 5.71. The van der Waals surface area contributed by atoms with Crippen LogP contribution < -0.4 is 0 Å². The van der Waals surface area contributed by atoms with Gasteiger partial charge in [-0.2, -0.15) is 0 Å². The number of hydrogen-bond acceptors (Lipinski definition) is 3. The number of methoxy groups -OCH3 is 1. The zero-order chi connectivity index (χ0) is 10.5. The molecule has 0 aliphatic rings. The van der Waals surface area contributed by atoms with Crippen molar-refractivity contribution in [3.63, 3.8) is 0 Å². The normalized spacial score (nSPS) is 13.5. The Kier molecular flexibility index (Phi) is 4.67. The molecule has 3 nitrogen and oxygen atoms in total. The third-order valence-corrected chi connectivity index (χ3v) is 2.14. The molecule has 0 aromatic heterocycles. The first-order chi connectivity index (χ1) is 5.93. The zero-order valence-corrected chi connectivity index (χ0v) is 8.79. The van der Waals surface area contributed by atoms with Crippen LogP contribution in [0.4, 0.5) is 0 Å². The second-order valence-corrected chi connectivity index (χ2v) is 4.07. The average Bonchev–Trinajstić information content (AvgIpc) is 2.13. The second-order valence-electron chi connectivity index (χ2n) is 4.07. The summed E-state index contributed by atoms with van der Waals surface area (Å²) in [5.74, 6) is -0.328. The van der Waals surface area contributed by atoms with Gasteiger partial charge in [0, 0.05) is 5.41 Å². The van der Waals surface area contributed by atoms with E-state index in [0.29, 0.717) is 12.8 Å². The van der Waals surface area contributed by atoms with Crippen LogP contribution in [0.25, 0.3) is 0 Å². The maximum atomic E-state index is 11.0. The molecule has 1 atom stereocenters. The Bertz CT molecular complexity index is 185. The Hall–Kier alpha value is -0.860. The Balaban J connectivity index is 3.89. The number of esters is 1. The van der Waals surface area contributed by atoms with Gasteiger partial charge in [0.15, 0.2) is 0 Å². The number of carbonyl (C=O) groups excluding carboxylic acids is 2. The standard InChI is InChI=1S/C10H18O3/c1-8(9(12)13-4)5-6-10(2,3)7-11/h7-8H,5-6H2,1-4H3. The monoisotopic (exact) mass is 186 g/mol. The highest BCUT2D eigenvalue weighted by Gasteiger charge is 2.20. The van der Waals surface area contributed by atoms with Crippen molar-refractivity contribution in [1.82, 2.24) is 0 Å². The molecule has 0 aliphatic carbocycles. The quantitative estimate of drug-likeness (QED) is 0.485. The minimum atomic E-state index is -0.331. The van der Waals surface area contributed by atoms with Gasteiger partial charge in [0.25, 0.3) is 0 Å². The van der Waals surface area contributed by atoms with Crippen LogP contribution in [-0.2, 0) is 14.3 Å². The van der Waals surface area contributed by atoms with E-state index in [0.717, 1.165) is 6.29 Å². The first-order valence-electron chi connectivity index (χ1n) is 4.47. The van der Waals surface area contributed by atoms with Crippen LogP contribution in [0.15, 0.2) is 0 Å². The summed E-state index contributed by atoms with van der Waals surface area (Å²) < 4.78 is 4.58. The fourth-order valence-corrected chi connectivity index (χ4v) is 0.966. The lowest BCUT2D eigenvalue weighted by Crippen LogP contribution is -2.18. The molecule has 0 spiro atoms. The summed E-state index contributed by atoms with van der Waals surface area (Å²) in [4.78, 5) is 21.6. The Labute approximate surface area is 79.5 Å². The van der Waals surface area contributed by atoms with Gasteiger partial charge >= 0.3 is 5.97 Å². The van der Waals surface area contributed by atoms with Crippen molar-refractivity contribution in [1.29, 1.82) is 0 Å². The molecule has 0 rings (SSSR count). The van der Waals surface area contributed by atoms with E-state index in [9.17, 15) is 9.59 Å². The summed E-state index contributed by atoms with van der Waals surface area (Å²) in [6, 6.07) is 0. The van der Waals surface area contributed by atoms with Gasteiger partial charge in [-0.15, -0.1) is 0 Å². The van der Waals surface area contributed by atoms with E-state index in [4.69, 9.17) is 0 Å². The zero-order valence-electron chi connectivity index (χ0n) is 8.79. The van der Waals surface area contributed by atoms with Crippen molar-refractivity contribution in [2.24, 2.45) is 11.3 Å². The van der Waals surface area contributed by atoms with Gasteiger partial charge in [0.1, 0.15) is 6.29 Å². The maximum absolute atomic E-state index is 11.0. The predicted octanol–water partition coefficient (Wildman–Crippen LogP) is 1.80. The predicted molar refractivity (Wildman–Crippen MR) is 50.3 cm³/mol. The summed E-state index contributed by atoms with van der Waals surface area (Å²) in [7, 11) is 1.38. The summed E-state index contributed by atoms with van der Waals surface area (Å²) in [5, 5.41) is 0. The van der Waals surface area contributed by atoms with E-state index < -0.39 is 0 Å². The van der Waals surface area contributed by atoms with E-state index >= 15 is 0 Å².